The van der Waals surface area contributed by atoms with Gasteiger partial charge in [0.1, 0.15) is 5.56 Å². The number of piperidine rings is 1. The molecule has 3 N–H and O–H groups in total. The number of aliphatic hydroxyl groups excluding tert-OH is 1. The number of aryl methyl sites for hydroxylation is 3. The molecule has 0 aliphatic carbocycles. The van der Waals surface area contributed by atoms with Crippen molar-refractivity contribution in [3.05, 3.63) is 64.6 Å². The Kier molecular flexibility index (Phi) is 4.64. The molecule has 7 heteroatoms. The van der Waals surface area contributed by atoms with E-state index < -0.39 is 11.6 Å². The van der Waals surface area contributed by atoms with Crippen LogP contribution in [0.15, 0.2) is 36.4 Å². The van der Waals surface area contributed by atoms with Gasteiger partial charge in [-0.25, -0.2) is 9.50 Å². The molecule has 0 unspecified atom stereocenters. The Labute approximate surface area is 163 Å². The van der Waals surface area contributed by atoms with Gasteiger partial charge in [0.05, 0.1) is 17.3 Å². The lowest BCUT2D eigenvalue weighted by Crippen LogP contribution is -2.61. The predicted molar refractivity (Wildman–Crippen MR) is 106 cm³/mol. The summed E-state index contributed by atoms with van der Waals surface area (Å²) in [7, 11) is 0. The van der Waals surface area contributed by atoms with E-state index in [-0.39, 0.29) is 5.91 Å². The minimum atomic E-state index is -0.858. The number of nitrogens with zero attached hydrogens (tertiary/aromatic N) is 3. The van der Waals surface area contributed by atoms with E-state index in [1.165, 1.54) is 0 Å². The first-order valence-corrected chi connectivity index (χ1v) is 9.53. The number of benzene rings is 1. The molecule has 1 amide bonds. The third-order valence-electron chi connectivity index (χ3n) is 5.53. The second-order valence-electron chi connectivity index (χ2n) is 7.50. The van der Waals surface area contributed by atoms with Gasteiger partial charge in [-0.1, -0.05) is 30.3 Å². The second kappa shape index (κ2) is 7.00. The maximum atomic E-state index is 13.4. The molecule has 146 valence electrons. The lowest BCUT2D eigenvalue weighted by atomic mass is 9.79. The van der Waals surface area contributed by atoms with Crippen molar-refractivity contribution in [3.8, 4) is 0 Å². The van der Waals surface area contributed by atoms with Crippen LogP contribution in [0, 0.1) is 20.8 Å². The number of hydrogen-bond donors (Lipinski definition) is 3. The number of amides is 1. The Morgan fingerprint density at radius 3 is 2.75 bits per heavy atom. The number of β-amino-alcohol motifs (C(OH)–C–C–N with tert-alkyl or cyclic N) is 1. The molecule has 1 aliphatic heterocycles. The molecule has 1 aromatic carbocycles. The zero-order chi connectivity index (χ0) is 19.9. The summed E-state index contributed by atoms with van der Waals surface area (Å²) in [5, 5.41) is 21.7. The van der Waals surface area contributed by atoms with Crippen LogP contribution >= 0.6 is 0 Å². The first-order chi connectivity index (χ1) is 13.4. The minimum Gasteiger partial charge on any atom is -0.389 e. The molecule has 3 heterocycles. The van der Waals surface area contributed by atoms with Crippen LogP contribution in [0.2, 0.25) is 0 Å². The van der Waals surface area contributed by atoms with Crippen LogP contribution in [0.4, 0.5) is 0 Å². The fourth-order valence-electron chi connectivity index (χ4n) is 4.11. The van der Waals surface area contributed by atoms with Crippen LogP contribution < -0.4 is 10.6 Å². The van der Waals surface area contributed by atoms with Crippen molar-refractivity contribution in [2.45, 2.75) is 38.8 Å². The number of aromatic nitrogens is 3. The van der Waals surface area contributed by atoms with Gasteiger partial charge in [-0.05, 0) is 45.4 Å². The van der Waals surface area contributed by atoms with E-state index in [2.05, 4.69) is 20.7 Å². The van der Waals surface area contributed by atoms with Gasteiger partial charge < -0.3 is 15.7 Å². The lowest BCUT2D eigenvalue weighted by Gasteiger charge is -2.43. The quantitative estimate of drug-likeness (QED) is 0.643. The Hall–Kier alpha value is -2.77. The highest BCUT2D eigenvalue weighted by Crippen LogP contribution is 2.32. The predicted octanol–water partition coefficient (Wildman–Crippen LogP) is 1.63. The van der Waals surface area contributed by atoms with E-state index in [0.717, 1.165) is 17.0 Å². The third kappa shape index (κ3) is 2.96. The van der Waals surface area contributed by atoms with Crippen molar-refractivity contribution in [1.82, 2.24) is 25.2 Å². The van der Waals surface area contributed by atoms with Crippen molar-refractivity contribution in [2.75, 3.05) is 13.1 Å². The molecule has 0 saturated carbocycles. The number of carbonyl (C=O) groups excluding carboxylic acids is 1. The zero-order valence-electron chi connectivity index (χ0n) is 16.4. The topological polar surface area (TPSA) is 91.6 Å². The van der Waals surface area contributed by atoms with Crippen molar-refractivity contribution in [2.24, 2.45) is 0 Å². The molecule has 2 aromatic heterocycles. The van der Waals surface area contributed by atoms with E-state index >= 15 is 0 Å². The van der Waals surface area contributed by atoms with Crippen LogP contribution in [-0.4, -0.2) is 44.8 Å². The number of hydrogen-bond acceptors (Lipinski definition) is 5. The molecule has 0 spiro atoms. The highest BCUT2D eigenvalue weighted by atomic mass is 16.3. The van der Waals surface area contributed by atoms with Crippen LogP contribution in [0.5, 0.6) is 0 Å². The van der Waals surface area contributed by atoms with Gasteiger partial charge in [0.15, 0.2) is 5.65 Å². The molecular formula is C21H25N5O2. The summed E-state index contributed by atoms with van der Waals surface area (Å²) in [6.07, 6.45) is -0.153. The molecule has 1 fully saturated rings. The fourth-order valence-corrected chi connectivity index (χ4v) is 4.11. The molecule has 3 aromatic rings. The van der Waals surface area contributed by atoms with Gasteiger partial charge in [0.2, 0.25) is 0 Å². The number of fused-ring (bicyclic) bond motifs is 1. The maximum absolute atomic E-state index is 13.4. The monoisotopic (exact) mass is 379 g/mol. The van der Waals surface area contributed by atoms with Gasteiger partial charge in [-0.3, -0.25) is 4.79 Å². The average Bonchev–Trinajstić information content (AvgIpc) is 3.00. The summed E-state index contributed by atoms with van der Waals surface area (Å²) in [5.74, 6) is -0.269. The Morgan fingerprint density at radius 2 is 2.04 bits per heavy atom. The summed E-state index contributed by atoms with van der Waals surface area (Å²) < 4.78 is 1.70. The normalized spacial score (nSPS) is 22.4. The zero-order valence-corrected chi connectivity index (χ0v) is 16.4. The van der Waals surface area contributed by atoms with Crippen LogP contribution in [-0.2, 0) is 5.54 Å². The second-order valence-corrected chi connectivity index (χ2v) is 7.50. The first kappa shape index (κ1) is 18.6. The number of aliphatic hydroxyl groups is 1. The molecular weight excluding hydrogens is 354 g/mol. The van der Waals surface area contributed by atoms with Crippen LogP contribution in [0.3, 0.4) is 0 Å². The summed E-state index contributed by atoms with van der Waals surface area (Å²) in [6.45, 7) is 6.78. The average molecular weight is 379 g/mol. The third-order valence-corrected chi connectivity index (χ3v) is 5.53. The van der Waals surface area contributed by atoms with E-state index in [9.17, 15) is 9.90 Å². The highest BCUT2D eigenvalue weighted by Gasteiger charge is 2.43. The maximum Gasteiger partial charge on any atom is 0.257 e. The summed E-state index contributed by atoms with van der Waals surface area (Å²) in [5.41, 5.74) is 3.40. The molecule has 7 nitrogen and oxygen atoms in total. The summed E-state index contributed by atoms with van der Waals surface area (Å²) in [6, 6.07) is 11.6. The van der Waals surface area contributed by atoms with E-state index in [1.54, 1.807) is 4.52 Å². The number of carbonyl (C=O) groups is 1. The fraction of sp³-hybridized carbons (Fsp3) is 0.381. The van der Waals surface area contributed by atoms with Crippen molar-refractivity contribution < 1.29 is 9.90 Å². The lowest BCUT2D eigenvalue weighted by molar-refractivity contribution is 0.0290. The van der Waals surface area contributed by atoms with Crippen molar-refractivity contribution in [1.29, 1.82) is 0 Å². The Morgan fingerprint density at radius 1 is 1.29 bits per heavy atom. The molecule has 1 aliphatic rings. The molecule has 2 atom stereocenters. The SMILES string of the molecule is Cc1cc(C)n2nc(C)c(C(=O)N[C@@]3(c4ccccc4)CCNC[C@H]3O)c2n1. The van der Waals surface area contributed by atoms with Crippen molar-refractivity contribution >= 4 is 11.6 Å². The number of rotatable bonds is 3. The molecule has 0 bridgehead atoms. The van der Waals surface area contributed by atoms with Gasteiger partial charge in [0, 0.05) is 17.9 Å². The van der Waals surface area contributed by atoms with E-state index in [1.807, 2.05) is 57.2 Å². The smallest absolute Gasteiger partial charge is 0.257 e. The molecule has 4 rings (SSSR count). The van der Waals surface area contributed by atoms with Gasteiger partial charge in [-0.15, -0.1) is 0 Å². The Bertz CT molecular complexity index is 1030. The molecule has 1 saturated heterocycles. The summed E-state index contributed by atoms with van der Waals surface area (Å²) >= 11 is 0. The van der Waals surface area contributed by atoms with Crippen molar-refractivity contribution in [3.63, 3.8) is 0 Å². The minimum absolute atomic E-state index is 0.269. The first-order valence-electron chi connectivity index (χ1n) is 9.53. The molecule has 28 heavy (non-hydrogen) atoms. The summed E-state index contributed by atoms with van der Waals surface area (Å²) in [4.78, 5) is 18.0. The van der Waals surface area contributed by atoms with Gasteiger partial charge >= 0.3 is 0 Å². The Balaban J connectivity index is 1.80. The van der Waals surface area contributed by atoms with Gasteiger partial charge in [0.25, 0.3) is 5.91 Å². The standard InChI is InChI=1S/C21H25N5O2/c1-13-11-14(2)26-19(23-13)18(15(3)25-26)20(28)24-21(9-10-22-12-17(21)27)16-7-5-4-6-8-16/h4-8,11,17,22,27H,9-10,12H2,1-3H3,(H,24,28)/t17-,21-/m1/s1. The van der Waals surface area contributed by atoms with E-state index in [0.29, 0.717) is 36.4 Å². The number of nitrogens with one attached hydrogen (secondary N) is 2. The molecule has 0 radical (unpaired) electrons. The van der Waals surface area contributed by atoms with Crippen LogP contribution in [0.25, 0.3) is 5.65 Å². The highest BCUT2D eigenvalue weighted by molar-refractivity contribution is 6.01. The van der Waals surface area contributed by atoms with E-state index in [4.69, 9.17) is 0 Å². The largest absolute Gasteiger partial charge is 0.389 e. The van der Waals surface area contributed by atoms with Crippen LogP contribution in [0.1, 0.15) is 39.4 Å². The van der Waals surface area contributed by atoms with Gasteiger partial charge in [-0.2, -0.15) is 5.10 Å².